The van der Waals surface area contributed by atoms with Crippen molar-refractivity contribution in [1.29, 1.82) is 0 Å². The van der Waals surface area contributed by atoms with Crippen LogP contribution in [0.2, 0.25) is 0 Å². The minimum absolute atomic E-state index is 0.00641. The lowest BCUT2D eigenvalue weighted by Crippen LogP contribution is -2.47. The molecule has 0 N–H and O–H groups in total. The smallest absolute Gasteiger partial charge is 0.311 e. The van der Waals surface area contributed by atoms with Crippen LogP contribution in [0.5, 0.6) is 0 Å². The zero-order chi connectivity index (χ0) is 18.9. The van der Waals surface area contributed by atoms with Gasteiger partial charge in [-0.25, -0.2) is 4.39 Å². The Morgan fingerprint density at radius 2 is 1.80 bits per heavy atom. The van der Waals surface area contributed by atoms with E-state index < -0.39 is 23.5 Å². The molecule has 0 atom stereocenters. The lowest BCUT2D eigenvalue weighted by atomic mass is 10.0. The highest BCUT2D eigenvalue weighted by Gasteiger charge is 2.36. The zero-order valence-corrected chi connectivity index (χ0v) is 14.7. The summed E-state index contributed by atoms with van der Waals surface area (Å²) in [4.78, 5) is 13.8. The minimum Gasteiger partial charge on any atom is -0.311 e. The highest BCUT2D eigenvalue weighted by Crippen LogP contribution is 2.36. The van der Waals surface area contributed by atoms with Gasteiger partial charge in [0.05, 0.1) is 11.1 Å². The van der Waals surface area contributed by atoms with Crippen LogP contribution in [0.15, 0.2) is 23.0 Å². The van der Waals surface area contributed by atoms with Gasteiger partial charge in [0, 0.05) is 37.6 Å². The summed E-state index contributed by atoms with van der Waals surface area (Å²) in [5.41, 5.74) is -0.931. The maximum absolute atomic E-state index is 13.4. The average molecular weight is 358 g/mol. The molecule has 0 saturated carbocycles. The van der Waals surface area contributed by atoms with Crippen molar-refractivity contribution in [2.75, 3.05) is 13.1 Å². The molecule has 0 unspecified atom stereocenters. The van der Waals surface area contributed by atoms with Gasteiger partial charge in [0.2, 0.25) is 0 Å². The van der Waals surface area contributed by atoms with Crippen LogP contribution in [-0.2, 0) is 19.8 Å². The van der Waals surface area contributed by atoms with Crippen LogP contribution in [0.1, 0.15) is 30.5 Å². The van der Waals surface area contributed by atoms with Gasteiger partial charge >= 0.3 is 6.18 Å². The van der Waals surface area contributed by atoms with Crippen molar-refractivity contribution in [2.24, 2.45) is 7.05 Å². The highest BCUT2D eigenvalue weighted by molar-refractivity contribution is 5.85. The van der Waals surface area contributed by atoms with Crippen molar-refractivity contribution in [2.45, 2.75) is 39.7 Å². The van der Waals surface area contributed by atoms with Crippen LogP contribution >= 0.6 is 0 Å². The first-order valence-corrected chi connectivity index (χ1v) is 8.24. The zero-order valence-electron chi connectivity index (χ0n) is 14.7. The molecule has 1 aromatic heterocycles. The van der Waals surface area contributed by atoms with Gasteiger partial charge < -0.3 is 4.57 Å². The molecule has 1 aliphatic rings. The Bertz CT molecular complexity index is 820. The summed E-state index contributed by atoms with van der Waals surface area (Å²) < 4.78 is 54.3. The van der Waals surface area contributed by atoms with Gasteiger partial charge in [0.1, 0.15) is 6.17 Å². The predicted molar refractivity (Wildman–Crippen MR) is 90.4 cm³/mol. The van der Waals surface area contributed by atoms with Gasteiger partial charge in [-0.15, -0.1) is 0 Å². The van der Waals surface area contributed by atoms with Crippen LogP contribution in [0.3, 0.4) is 0 Å². The summed E-state index contributed by atoms with van der Waals surface area (Å²) in [6.07, 6.45) is -5.46. The van der Waals surface area contributed by atoms with Gasteiger partial charge in [-0.2, -0.15) is 13.2 Å². The molecule has 25 heavy (non-hydrogen) atoms. The van der Waals surface area contributed by atoms with Crippen molar-refractivity contribution in [3.63, 3.8) is 0 Å². The monoisotopic (exact) mass is 358 g/mol. The average Bonchev–Trinajstić information content (AvgIpc) is 2.52. The molecule has 2 aromatic rings. The fourth-order valence-electron chi connectivity index (χ4n) is 3.10. The number of pyridine rings is 1. The minimum atomic E-state index is -4.60. The van der Waals surface area contributed by atoms with Gasteiger partial charge in [-0.3, -0.25) is 9.69 Å². The van der Waals surface area contributed by atoms with E-state index in [2.05, 4.69) is 0 Å². The summed E-state index contributed by atoms with van der Waals surface area (Å²) in [5.74, 6) is 0. The number of rotatable bonds is 2. The number of benzene rings is 1. The summed E-state index contributed by atoms with van der Waals surface area (Å²) >= 11 is 0. The highest BCUT2D eigenvalue weighted by atomic mass is 19.4. The Morgan fingerprint density at radius 1 is 1.20 bits per heavy atom. The molecular weight excluding hydrogens is 336 g/mol. The van der Waals surface area contributed by atoms with E-state index in [-0.39, 0.29) is 16.5 Å². The van der Waals surface area contributed by atoms with E-state index >= 15 is 0 Å². The second-order valence-electron chi connectivity index (χ2n) is 6.00. The number of nitrogens with zero attached hydrogens (tertiary/aromatic N) is 2. The molecule has 1 saturated heterocycles. The number of fused-ring (bicyclic) bond motifs is 1. The van der Waals surface area contributed by atoms with Crippen LogP contribution in [0, 0.1) is 6.92 Å². The molecule has 2 heterocycles. The largest absolute Gasteiger partial charge is 0.417 e. The number of halogens is 4. The van der Waals surface area contributed by atoms with E-state index in [1.807, 2.05) is 18.7 Å². The van der Waals surface area contributed by atoms with Crippen LogP contribution < -0.4 is 5.56 Å². The lowest BCUT2D eigenvalue weighted by molar-refractivity contribution is -0.136. The molecule has 1 fully saturated rings. The summed E-state index contributed by atoms with van der Waals surface area (Å²) in [5, 5.41) is 0.00641. The van der Waals surface area contributed by atoms with Gasteiger partial charge in [-0.05, 0) is 24.6 Å². The molecule has 138 valence electrons. The quantitative estimate of drug-likeness (QED) is 0.757. The molecule has 0 radical (unpaired) electrons. The number of aryl methyl sites for hydroxylation is 1. The molecule has 3 nitrogen and oxygen atoms in total. The normalized spacial score (nSPS) is 15.7. The number of alkyl halides is 4. The van der Waals surface area contributed by atoms with Gasteiger partial charge in [-0.1, -0.05) is 19.9 Å². The van der Waals surface area contributed by atoms with E-state index in [0.717, 1.165) is 0 Å². The first-order chi connectivity index (χ1) is 11.7. The number of hydrogen-bond acceptors (Lipinski definition) is 2. The van der Waals surface area contributed by atoms with Gasteiger partial charge in [0.15, 0.2) is 0 Å². The molecule has 0 amide bonds. The SMILES string of the molecule is CC.Cc1c(C(F)(F)F)c2cc(CN3CC(F)C3)ccc2n(C)c1=O. The first-order valence-electron chi connectivity index (χ1n) is 8.24. The topological polar surface area (TPSA) is 25.2 Å². The predicted octanol–water partition coefficient (Wildman–Crippen LogP) is 4.05. The fraction of sp³-hybridized carbons (Fsp3) is 0.500. The molecule has 0 spiro atoms. The second kappa shape index (κ2) is 7.15. The van der Waals surface area contributed by atoms with Crippen LogP contribution in [0.4, 0.5) is 17.6 Å². The van der Waals surface area contributed by atoms with E-state index in [0.29, 0.717) is 25.2 Å². The molecular formula is C18H22F4N2O. The maximum Gasteiger partial charge on any atom is 0.417 e. The Morgan fingerprint density at radius 3 is 2.32 bits per heavy atom. The van der Waals surface area contributed by atoms with E-state index in [9.17, 15) is 22.4 Å². The number of hydrogen-bond donors (Lipinski definition) is 0. The first kappa shape index (κ1) is 19.4. The Labute approximate surface area is 143 Å². The summed E-state index contributed by atoms with van der Waals surface area (Å²) in [6, 6.07) is 4.66. The molecule has 7 heteroatoms. The molecule has 3 rings (SSSR count). The Balaban J connectivity index is 0.00000109. The maximum atomic E-state index is 13.4. The molecule has 0 bridgehead atoms. The van der Waals surface area contributed by atoms with Crippen molar-refractivity contribution >= 4 is 10.9 Å². The second-order valence-corrected chi connectivity index (χ2v) is 6.00. The standard InChI is InChI=1S/C16H16F4N2O.C2H6/c1-9-14(16(18,19)20)12-5-10(6-22-7-11(17)8-22)3-4-13(12)21(2)15(9)23;1-2/h3-5,11H,6-8H2,1-2H3;1-2H3. The molecule has 1 aromatic carbocycles. The number of aromatic nitrogens is 1. The van der Waals surface area contributed by atoms with Crippen molar-refractivity contribution in [3.8, 4) is 0 Å². The van der Waals surface area contributed by atoms with Crippen molar-refractivity contribution in [3.05, 3.63) is 45.2 Å². The van der Waals surface area contributed by atoms with Crippen molar-refractivity contribution < 1.29 is 17.6 Å². The summed E-state index contributed by atoms with van der Waals surface area (Å²) in [6.45, 7) is 6.20. The number of likely N-dealkylation sites (tertiary alicyclic amines) is 1. The lowest BCUT2D eigenvalue weighted by Gasteiger charge is -2.34. The third-order valence-electron chi connectivity index (χ3n) is 4.29. The van der Waals surface area contributed by atoms with E-state index in [1.54, 1.807) is 6.07 Å². The third kappa shape index (κ3) is 3.71. The van der Waals surface area contributed by atoms with Crippen LogP contribution in [0.25, 0.3) is 10.9 Å². The Kier molecular flexibility index (Phi) is 5.56. The fourth-order valence-corrected chi connectivity index (χ4v) is 3.10. The van der Waals surface area contributed by atoms with E-state index in [1.165, 1.54) is 30.7 Å². The van der Waals surface area contributed by atoms with Gasteiger partial charge in [0.25, 0.3) is 5.56 Å². The Hall–Kier alpha value is -1.89. The van der Waals surface area contributed by atoms with E-state index in [4.69, 9.17) is 0 Å². The molecule has 0 aliphatic carbocycles. The van der Waals surface area contributed by atoms with Crippen molar-refractivity contribution in [1.82, 2.24) is 9.47 Å². The summed E-state index contributed by atoms with van der Waals surface area (Å²) in [7, 11) is 1.46. The third-order valence-corrected chi connectivity index (χ3v) is 4.29. The molecule has 1 aliphatic heterocycles. The van der Waals surface area contributed by atoms with Crippen LogP contribution in [-0.4, -0.2) is 28.7 Å².